The highest BCUT2D eigenvalue weighted by Gasteiger charge is 2.25. The molecule has 0 N–H and O–H groups in total. The maximum Gasteiger partial charge on any atom is 0.124 e. The van der Waals surface area contributed by atoms with Gasteiger partial charge in [-0.1, -0.05) is 6.42 Å². The monoisotopic (exact) mass is 183 g/mol. The van der Waals surface area contributed by atoms with E-state index in [1.807, 2.05) is 0 Å². The fraction of sp³-hybridized carbons (Fsp3) is 0.909. The molecule has 0 aromatic rings. The molecule has 0 aromatic heterocycles. The van der Waals surface area contributed by atoms with E-state index in [4.69, 9.17) is 0 Å². The van der Waals surface area contributed by atoms with Crippen LogP contribution < -0.4 is 0 Å². The van der Waals surface area contributed by atoms with Crippen molar-refractivity contribution >= 4 is 6.29 Å². The molecule has 0 spiro atoms. The highest BCUT2D eigenvalue weighted by Crippen LogP contribution is 2.21. The van der Waals surface area contributed by atoms with Crippen molar-refractivity contribution in [3.05, 3.63) is 0 Å². The number of rotatable bonds is 1. The van der Waals surface area contributed by atoms with Gasteiger partial charge in [-0.05, 0) is 40.2 Å². The van der Waals surface area contributed by atoms with E-state index < -0.39 is 0 Å². The molecular weight excluding hydrogens is 162 g/mol. The van der Waals surface area contributed by atoms with E-state index in [2.05, 4.69) is 25.7 Å². The van der Waals surface area contributed by atoms with Crippen molar-refractivity contribution in [2.45, 2.75) is 45.6 Å². The summed E-state index contributed by atoms with van der Waals surface area (Å²) < 4.78 is 0. The molecule has 1 unspecified atom stereocenters. The minimum Gasteiger partial charge on any atom is -0.303 e. The minimum absolute atomic E-state index is 0.214. The van der Waals surface area contributed by atoms with Gasteiger partial charge in [-0.2, -0.15) is 0 Å². The van der Waals surface area contributed by atoms with Crippen molar-refractivity contribution in [3.63, 3.8) is 0 Å². The predicted molar refractivity (Wildman–Crippen MR) is 54.7 cm³/mol. The highest BCUT2D eigenvalue weighted by molar-refractivity contribution is 5.53. The molecule has 1 fully saturated rings. The Balaban J connectivity index is 2.59. The third kappa shape index (κ3) is 3.11. The van der Waals surface area contributed by atoms with Gasteiger partial charge in [0.1, 0.15) is 6.29 Å². The number of carbonyl (C=O) groups is 1. The first-order chi connectivity index (χ1) is 6.04. The number of nitrogens with zero attached hydrogens (tertiary/aromatic N) is 1. The van der Waals surface area contributed by atoms with E-state index in [0.29, 0.717) is 0 Å². The number of hydrogen-bond acceptors (Lipinski definition) is 2. The van der Waals surface area contributed by atoms with Gasteiger partial charge in [-0.3, -0.25) is 4.90 Å². The quantitative estimate of drug-likeness (QED) is 0.580. The smallest absolute Gasteiger partial charge is 0.124 e. The van der Waals surface area contributed by atoms with E-state index >= 15 is 0 Å². The predicted octanol–water partition coefficient (Wildman–Crippen LogP) is 2.09. The molecule has 1 aliphatic rings. The normalized spacial score (nSPS) is 26.8. The molecule has 13 heavy (non-hydrogen) atoms. The van der Waals surface area contributed by atoms with E-state index in [0.717, 1.165) is 25.8 Å². The molecule has 76 valence electrons. The molecule has 1 heterocycles. The Labute approximate surface area is 81.3 Å². The lowest BCUT2D eigenvalue weighted by Gasteiger charge is -2.35. The zero-order valence-electron chi connectivity index (χ0n) is 9.05. The Kier molecular flexibility index (Phi) is 3.48. The van der Waals surface area contributed by atoms with Gasteiger partial charge in [0, 0.05) is 18.0 Å². The average molecular weight is 183 g/mol. The van der Waals surface area contributed by atoms with E-state index in [-0.39, 0.29) is 11.5 Å². The standard InChI is InChI=1S/C11H21NO/c1-11(2,3)12-7-5-4-6-10(8-12)9-13/h9-10H,4-8H2,1-3H3. The highest BCUT2D eigenvalue weighted by atomic mass is 16.1. The van der Waals surface area contributed by atoms with Crippen molar-refractivity contribution in [2.24, 2.45) is 5.92 Å². The maximum atomic E-state index is 10.8. The van der Waals surface area contributed by atoms with Crippen molar-refractivity contribution in [1.82, 2.24) is 4.90 Å². The van der Waals surface area contributed by atoms with Crippen molar-refractivity contribution in [3.8, 4) is 0 Å². The summed E-state index contributed by atoms with van der Waals surface area (Å²) in [7, 11) is 0. The Morgan fingerprint density at radius 1 is 1.31 bits per heavy atom. The summed E-state index contributed by atoms with van der Waals surface area (Å²) >= 11 is 0. The second-order valence-corrected chi connectivity index (χ2v) is 5.01. The Morgan fingerprint density at radius 2 is 2.00 bits per heavy atom. The lowest BCUT2D eigenvalue weighted by molar-refractivity contribution is -0.111. The van der Waals surface area contributed by atoms with Gasteiger partial charge in [-0.25, -0.2) is 0 Å². The zero-order chi connectivity index (χ0) is 9.90. The molecule has 2 nitrogen and oxygen atoms in total. The van der Waals surface area contributed by atoms with Crippen LogP contribution in [0, 0.1) is 5.92 Å². The van der Waals surface area contributed by atoms with Gasteiger partial charge >= 0.3 is 0 Å². The largest absolute Gasteiger partial charge is 0.303 e. The second kappa shape index (κ2) is 4.23. The van der Waals surface area contributed by atoms with Crippen LogP contribution in [0.3, 0.4) is 0 Å². The summed E-state index contributed by atoms with van der Waals surface area (Å²) in [6.45, 7) is 8.77. The lowest BCUT2D eigenvalue weighted by atomic mass is 10.0. The average Bonchev–Trinajstić information content (AvgIpc) is 2.27. The van der Waals surface area contributed by atoms with Crippen LogP contribution in [0.5, 0.6) is 0 Å². The fourth-order valence-electron chi connectivity index (χ4n) is 1.90. The van der Waals surface area contributed by atoms with Gasteiger partial charge < -0.3 is 4.79 Å². The molecular formula is C11H21NO. The molecule has 0 radical (unpaired) electrons. The molecule has 2 heteroatoms. The van der Waals surface area contributed by atoms with Crippen LogP contribution in [0.4, 0.5) is 0 Å². The third-order valence-corrected chi connectivity index (χ3v) is 2.85. The summed E-state index contributed by atoms with van der Waals surface area (Å²) in [5.41, 5.74) is 0.214. The number of likely N-dealkylation sites (tertiary alicyclic amines) is 1. The fourth-order valence-corrected chi connectivity index (χ4v) is 1.90. The van der Waals surface area contributed by atoms with Gasteiger partial charge in [0.15, 0.2) is 0 Å². The molecule has 0 saturated carbocycles. The molecule has 0 aromatic carbocycles. The van der Waals surface area contributed by atoms with E-state index in [1.54, 1.807) is 0 Å². The first kappa shape index (κ1) is 10.7. The topological polar surface area (TPSA) is 20.3 Å². The Hall–Kier alpha value is -0.370. The molecule has 1 aliphatic heterocycles. The van der Waals surface area contributed by atoms with Crippen LogP contribution in [-0.2, 0) is 4.79 Å². The van der Waals surface area contributed by atoms with Crippen LogP contribution in [0.2, 0.25) is 0 Å². The molecule has 1 atom stereocenters. The van der Waals surface area contributed by atoms with E-state index in [1.165, 1.54) is 12.8 Å². The summed E-state index contributed by atoms with van der Waals surface area (Å²) in [6, 6.07) is 0. The lowest BCUT2D eigenvalue weighted by Crippen LogP contribution is -2.43. The summed E-state index contributed by atoms with van der Waals surface area (Å²) in [5.74, 6) is 0.265. The summed E-state index contributed by atoms with van der Waals surface area (Å²) in [5, 5.41) is 0. The van der Waals surface area contributed by atoms with Crippen LogP contribution in [0.15, 0.2) is 0 Å². The maximum absolute atomic E-state index is 10.8. The number of aldehydes is 1. The van der Waals surface area contributed by atoms with Gasteiger partial charge in [-0.15, -0.1) is 0 Å². The van der Waals surface area contributed by atoms with E-state index in [9.17, 15) is 4.79 Å². The van der Waals surface area contributed by atoms with Gasteiger partial charge in [0.2, 0.25) is 0 Å². The molecule has 1 rings (SSSR count). The van der Waals surface area contributed by atoms with Crippen LogP contribution in [-0.4, -0.2) is 29.8 Å². The molecule has 0 aliphatic carbocycles. The summed E-state index contributed by atoms with van der Waals surface area (Å²) in [6.07, 6.45) is 4.65. The van der Waals surface area contributed by atoms with Gasteiger partial charge in [0.05, 0.1) is 0 Å². The van der Waals surface area contributed by atoms with Crippen LogP contribution in [0.25, 0.3) is 0 Å². The van der Waals surface area contributed by atoms with Crippen molar-refractivity contribution in [2.75, 3.05) is 13.1 Å². The first-order valence-electron chi connectivity index (χ1n) is 5.24. The van der Waals surface area contributed by atoms with Crippen LogP contribution in [0.1, 0.15) is 40.0 Å². The summed E-state index contributed by atoms with van der Waals surface area (Å²) in [4.78, 5) is 13.2. The SMILES string of the molecule is CC(C)(C)N1CCCCC(C=O)C1. The minimum atomic E-state index is 0.214. The molecule has 0 bridgehead atoms. The number of carbonyl (C=O) groups excluding carboxylic acids is 1. The third-order valence-electron chi connectivity index (χ3n) is 2.85. The second-order valence-electron chi connectivity index (χ2n) is 5.01. The Bertz CT molecular complexity index is 171. The zero-order valence-corrected chi connectivity index (χ0v) is 9.05. The molecule has 1 saturated heterocycles. The van der Waals surface area contributed by atoms with Crippen molar-refractivity contribution in [1.29, 1.82) is 0 Å². The Morgan fingerprint density at radius 3 is 2.54 bits per heavy atom. The van der Waals surface area contributed by atoms with Gasteiger partial charge in [0.25, 0.3) is 0 Å². The molecule has 0 amide bonds. The number of hydrogen-bond donors (Lipinski definition) is 0. The van der Waals surface area contributed by atoms with Crippen LogP contribution >= 0.6 is 0 Å². The van der Waals surface area contributed by atoms with Crippen molar-refractivity contribution < 1.29 is 4.79 Å². The first-order valence-corrected chi connectivity index (χ1v) is 5.24.